The maximum Gasteiger partial charge on any atom is 0.176 e. The third kappa shape index (κ3) is 2.17. The van der Waals surface area contributed by atoms with E-state index < -0.39 is 5.60 Å². The summed E-state index contributed by atoms with van der Waals surface area (Å²) in [5.41, 5.74) is 0.173. The quantitative estimate of drug-likeness (QED) is 0.837. The number of fused-ring (bicyclic) bond motifs is 1. The molecule has 0 unspecified atom stereocenters. The maximum absolute atomic E-state index is 10.1. The zero-order valence-electron chi connectivity index (χ0n) is 10.0. The van der Waals surface area contributed by atoms with Crippen molar-refractivity contribution in [2.24, 2.45) is 0 Å². The van der Waals surface area contributed by atoms with Gasteiger partial charge in [-0.3, -0.25) is 0 Å². The summed E-state index contributed by atoms with van der Waals surface area (Å²) in [5, 5.41) is 13.3. The number of hydrogen-bond acceptors (Lipinski definition) is 7. The summed E-state index contributed by atoms with van der Waals surface area (Å²) in [6, 6.07) is 0. The van der Waals surface area contributed by atoms with Gasteiger partial charge in [-0.25, -0.2) is 15.0 Å². The molecule has 0 bridgehead atoms. The SMILES string of the molecule is CSc1nc2ncnc(NCC3(O)CCC3)c2s1. The molecule has 0 spiro atoms. The molecule has 1 aliphatic rings. The molecule has 2 heterocycles. The molecule has 3 rings (SSSR count). The molecule has 0 amide bonds. The van der Waals surface area contributed by atoms with Gasteiger partial charge in [-0.05, 0) is 25.5 Å². The molecule has 1 fully saturated rings. The number of aromatic nitrogens is 3. The summed E-state index contributed by atoms with van der Waals surface area (Å²) in [6.07, 6.45) is 6.35. The number of rotatable bonds is 4. The second-order valence-corrected chi connectivity index (χ2v) is 6.54. The second kappa shape index (κ2) is 4.64. The van der Waals surface area contributed by atoms with Gasteiger partial charge in [0.1, 0.15) is 16.8 Å². The van der Waals surface area contributed by atoms with Crippen molar-refractivity contribution in [3.8, 4) is 0 Å². The van der Waals surface area contributed by atoms with Gasteiger partial charge in [0.05, 0.1) is 5.60 Å². The Balaban J connectivity index is 1.84. The number of nitrogens with one attached hydrogen (secondary N) is 1. The molecule has 2 aromatic rings. The van der Waals surface area contributed by atoms with Crippen LogP contribution in [0.4, 0.5) is 5.82 Å². The van der Waals surface area contributed by atoms with Crippen molar-refractivity contribution in [3.05, 3.63) is 6.33 Å². The van der Waals surface area contributed by atoms with Crippen molar-refractivity contribution in [2.45, 2.75) is 29.2 Å². The van der Waals surface area contributed by atoms with E-state index in [2.05, 4.69) is 20.3 Å². The Morgan fingerprint density at radius 3 is 3.00 bits per heavy atom. The minimum Gasteiger partial charge on any atom is -0.388 e. The minimum absolute atomic E-state index is 0.547. The van der Waals surface area contributed by atoms with E-state index in [-0.39, 0.29) is 0 Å². The Morgan fingerprint density at radius 1 is 1.50 bits per heavy atom. The largest absolute Gasteiger partial charge is 0.388 e. The van der Waals surface area contributed by atoms with Gasteiger partial charge in [-0.2, -0.15) is 0 Å². The van der Waals surface area contributed by atoms with Crippen LogP contribution in [0.15, 0.2) is 10.7 Å². The molecule has 2 aromatic heterocycles. The van der Waals surface area contributed by atoms with E-state index in [0.29, 0.717) is 6.54 Å². The van der Waals surface area contributed by atoms with Crippen LogP contribution >= 0.6 is 23.1 Å². The molecule has 0 radical (unpaired) electrons. The molecule has 5 nitrogen and oxygen atoms in total. The van der Waals surface area contributed by atoms with E-state index in [4.69, 9.17) is 0 Å². The molecule has 0 saturated heterocycles. The van der Waals surface area contributed by atoms with Gasteiger partial charge in [-0.15, -0.1) is 11.3 Å². The molecular formula is C11H14N4OS2. The zero-order valence-corrected chi connectivity index (χ0v) is 11.6. The predicted octanol–water partition coefficient (Wildman–Crippen LogP) is 2.14. The molecular weight excluding hydrogens is 268 g/mol. The van der Waals surface area contributed by atoms with Gasteiger partial charge in [0.25, 0.3) is 0 Å². The topological polar surface area (TPSA) is 70.9 Å². The Kier molecular flexibility index (Phi) is 3.13. The first-order chi connectivity index (χ1) is 8.70. The van der Waals surface area contributed by atoms with Crippen molar-refractivity contribution in [1.82, 2.24) is 15.0 Å². The Bertz CT molecular complexity index is 567. The van der Waals surface area contributed by atoms with Gasteiger partial charge >= 0.3 is 0 Å². The number of nitrogens with zero attached hydrogens (tertiary/aromatic N) is 3. The highest BCUT2D eigenvalue weighted by Gasteiger charge is 2.34. The first kappa shape index (κ1) is 12.1. The van der Waals surface area contributed by atoms with Crippen molar-refractivity contribution < 1.29 is 5.11 Å². The van der Waals surface area contributed by atoms with Crippen LogP contribution in [-0.2, 0) is 0 Å². The van der Waals surface area contributed by atoms with Gasteiger partial charge in [0, 0.05) is 6.54 Å². The van der Waals surface area contributed by atoms with Crippen LogP contribution in [0.2, 0.25) is 0 Å². The number of thioether (sulfide) groups is 1. The average molecular weight is 282 g/mol. The highest BCUT2D eigenvalue weighted by atomic mass is 32.2. The van der Waals surface area contributed by atoms with Crippen molar-refractivity contribution >= 4 is 39.3 Å². The number of hydrogen-bond donors (Lipinski definition) is 2. The van der Waals surface area contributed by atoms with Crippen LogP contribution in [0.3, 0.4) is 0 Å². The monoisotopic (exact) mass is 282 g/mol. The predicted molar refractivity (Wildman–Crippen MR) is 74.3 cm³/mol. The molecule has 0 aliphatic heterocycles. The van der Waals surface area contributed by atoms with Gasteiger partial charge in [0.15, 0.2) is 9.99 Å². The molecule has 1 aliphatic carbocycles. The van der Waals surface area contributed by atoms with Crippen molar-refractivity contribution in [1.29, 1.82) is 0 Å². The van der Waals surface area contributed by atoms with Gasteiger partial charge in [-0.1, -0.05) is 11.8 Å². The lowest BCUT2D eigenvalue weighted by Gasteiger charge is -2.36. The van der Waals surface area contributed by atoms with Gasteiger partial charge in [0.2, 0.25) is 0 Å². The van der Waals surface area contributed by atoms with Crippen LogP contribution in [-0.4, -0.2) is 38.5 Å². The first-order valence-electron chi connectivity index (χ1n) is 5.82. The van der Waals surface area contributed by atoms with Crippen molar-refractivity contribution in [3.63, 3.8) is 0 Å². The summed E-state index contributed by atoms with van der Waals surface area (Å²) in [4.78, 5) is 12.8. The lowest BCUT2D eigenvalue weighted by atomic mass is 9.80. The van der Waals surface area contributed by atoms with Crippen LogP contribution < -0.4 is 5.32 Å². The molecule has 18 heavy (non-hydrogen) atoms. The van der Waals surface area contributed by atoms with E-state index in [0.717, 1.165) is 39.8 Å². The fraction of sp³-hybridized carbons (Fsp3) is 0.545. The lowest BCUT2D eigenvalue weighted by Crippen LogP contribution is -2.43. The van der Waals surface area contributed by atoms with Crippen LogP contribution in [0, 0.1) is 0 Å². The lowest BCUT2D eigenvalue weighted by molar-refractivity contribution is -0.0202. The van der Waals surface area contributed by atoms with Crippen LogP contribution in [0.1, 0.15) is 19.3 Å². The number of anilines is 1. The van der Waals surface area contributed by atoms with Crippen LogP contribution in [0.25, 0.3) is 10.3 Å². The minimum atomic E-state index is -0.551. The Hall–Kier alpha value is -0.920. The van der Waals surface area contributed by atoms with E-state index >= 15 is 0 Å². The Labute approximate surface area is 113 Å². The number of thiazole rings is 1. The normalized spacial score (nSPS) is 17.7. The molecule has 2 N–H and O–H groups in total. The fourth-order valence-electron chi connectivity index (χ4n) is 1.96. The molecule has 0 aromatic carbocycles. The highest BCUT2D eigenvalue weighted by Crippen LogP contribution is 2.34. The second-order valence-electron chi connectivity index (χ2n) is 4.49. The molecule has 1 saturated carbocycles. The third-order valence-electron chi connectivity index (χ3n) is 3.22. The van der Waals surface area contributed by atoms with Crippen molar-refractivity contribution in [2.75, 3.05) is 18.1 Å². The molecule has 96 valence electrons. The summed E-state index contributed by atoms with van der Waals surface area (Å²) in [7, 11) is 0. The summed E-state index contributed by atoms with van der Waals surface area (Å²) in [5.74, 6) is 0.776. The van der Waals surface area contributed by atoms with E-state index in [9.17, 15) is 5.11 Å². The third-order valence-corrected chi connectivity index (χ3v) is 5.25. The summed E-state index contributed by atoms with van der Waals surface area (Å²) < 4.78 is 1.95. The highest BCUT2D eigenvalue weighted by molar-refractivity contribution is 8.00. The average Bonchev–Trinajstić information content (AvgIpc) is 2.77. The fourth-order valence-corrected chi connectivity index (χ4v) is 3.44. The molecule has 7 heteroatoms. The van der Waals surface area contributed by atoms with E-state index in [1.807, 2.05) is 6.26 Å². The van der Waals surface area contributed by atoms with Crippen LogP contribution in [0.5, 0.6) is 0 Å². The van der Waals surface area contributed by atoms with E-state index in [1.54, 1.807) is 23.1 Å². The number of aliphatic hydroxyl groups is 1. The smallest absolute Gasteiger partial charge is 0.176 e. The summed E-state index contributed by atoms with van der Waals surface area (Å²) >= 11 is 3.19. The summed E-state index contributed by atoms with van der Waals surface area (Å²) in [6.45, 7) is 0.547. The first-order valence-corrected chi connectivity index (χ1v) is 7.86. The standard InChI is InChI=1S/C11H14N4OS2/c1-17-10-15-9-7(18-10)8(13-6-14-9)12-5-11(16)3-2-4-11/h6,16H,2-5H2,1H3,(H,12,13,14). The zero-order chi connectivity index (χ0) is 12.6. The molecule has 0 atom stereocenters. The maximum atomic E-state index is 10.1. The van der Waals surface area contributed by atoms with Gasteiger partial charge < -0.3 is 10.4 Å². The Morgan fingerprint density at radius 2 is 2.33 bits per heavy atom. The van der Waals surface area contributed by atoms with E-state index in [1.165, 1.54) is 6.33 Å².